The van der Waals surface area contributed by atoms with Crippen LogP contribution in [0.15, 0.2) is 54.6 Å². The van der Waals surface area contributed by atoms with Crippen molar-refractivity contribution in [2.45, 2.75) is 12.3 Å². The molecule has 0 bridgehead atoms. The molecule has 1 unspecified atom stereocenters. The number of amides is 1. The third kappa shape index (κ3) is 2.76. The van der Waals surface area contributed by atoms with Crippen LogP contribution in [-0.4, -0.2) is 24.2 Å². The molecule has 2 N–H and O–H groups in total. The minimum atomic E-state index is -0.498. The van der Waals surface area contributed by atoms with Gasteiger partial charge in [0.15, 0.2) is 0 Å². The Balaban J connectivity index is 1.91. The Labute approximate surface area is 124 Å². The number of benzene rings is 2. The summed E-state index contributed by atoms with van der Waals surface area (Å²) >= 11 is 0. The van der Waals surface area contributed by atoms with Gasteiger partial charge in [0.25, 0.3) is 5.91 Å². The van der Waals surface area contributed by atoms with Gasteiger partial charge in [-0.2, -0.15) is 0 Å². The molecule has 0 saturated carbocycles. The molecule has 4 nitrogen and oxygen atoms in total. The van der Waals surface area contributed by atoms with Crippen LogP contribution in [0.5, 0.6) is 0 Å². The molecular weight excluding hydrogens is 264 g/mol. The molecule has 3 rings (SSSR count). The van der Waals surface area contributed by atoms with Crippen LogP contribution in [0.3, 0.4) is 0 Å². The van der Waals surface area contributed by atoms with Crippen LogP contribution in [-0.2, 0) is 4.79 Å². The average Bonchev–Trinajstić information content (AvgIpc) is 2.48. The number of carbonyl (C=O) groups is 1. The Morgan fingerprint density at radius 1 is 1.00 bits per heavy atom. The Kier molecular flexibility index (Phi) is 3.88. The maximum Gasteiger partial charge on any atom is 0.255 e. The zero-order chi connectivity index (χ0) is 14.7. The second-order valence-electron chi connectivity index (χ2n) is 5.25. The number of rotatable bonds is 4. The molecule has 1 atom stereocenters. The van der Waals surface area contributed by atoms with Crippen molar-refractivity contribution in [2.75, 3.05) is 18.0 Å². The van der Waals surface area contributed by atoms with Gasteiger partial charge in [0.1, 0.15) is 0 Å². The van der Waals surface area contributed by atoms with Crippen LogP contribution in [0.4, 0.5) is 5.69 Å². The van der Waals surface area contributed by atoms with Gasteiger partial charge in [-0.05, 0) is 29.7 Å². The van der Waals surface area contributed by atoms with Gasteiger partial charge in [-0.3, -0.25) is 10.0 Å². The molecule has 4 heteroatoms. The number of hydrogen-bond acceptors (Lipinski definition) is 3. The molecule has 108 valence electrons. The van der Waals surface area contributed by atoms with Crippen LogP contribution >= 0.6 is 0 Å². The summed E-state index contributed by atoms with van der Waals surface area (Å²) in [6.45, 7) is 2.19. The first-order valence-corrected chi connectivity index (χ1v) is 7.13. The van der Waals surface area contributed by atoms with Gasteiger partial charge in [0, 0.05) is 18.8 Å². The maximum absolute atomic E-state index is 12.0. The molecule has 0 aromatic heterocycles. The number of nitrogens with zero attached hydrogens (tertiary/aromatic N) is 1. The van der Waals surface area contributed by atoms with Crippen molar-refractivity contribution in [1.29, 1.82) is 0 Å². The van der Waals surface area contributed by atoms with Crippen LogP contribution < -0.4 is 10.4 Å². The highest BCUT2D eigenvalue weighted by atomic mass is 16.5. The largest absolute Gasteiger partial charge is 0.371 e. The maximum atomic E-state index is 12.0. The summed E-state index contributed by atoms with van der Waals surface area (Å²) in [7, 11) is 0. The lowest BCUT2D eigenvalue weighted by Gasteiger charge is -2.33. The molecule has 1 amide bonds. The minimum Gasteiger partial charge on any atom is -0.371 e. The van der Waals surface area contributed by atoms with E-state index in [4.69, 9.17) is 5.21 Å². The fourth-order valence-corrected chi connectivity index (χ4v) is 2.66. The number of hydroxylamine groups is 1. The van der Waals surface area contributed by atoms with Crippen molar-refractivity contribution in [3.63, 3.8) is 0 Å². The molecule has 0 aliphatic carbocycles. The van der Waals surface area contributed by atoms with Gasteiger partial charge >= 0.3 is 0 Å². The van der Waals surface area contributed by atoms with E-state index in [1.807, 2.05) is 54.6 Å². The molecule has 1 aliphatic rings. The first-order chi connectivity index (χ1) is 10.3. The van der Waals surface area contributed by atoms with Crippen molar-refractivity contribution in [3.05, 3.63) is 65.7 Å². The summed E-state index contributed by atoms with van der Waals surface area (Å²) in [6, 6.07) is 17.5. The van der Waals surface area contributed by atoms with Gasteiger partial charge in [0.2, 0.25) is 0 Å². The second kappa shape index (κ2) is 5.97. The Hall–Kier alpha value is -2.33. The lowest BCUT2D eigenvalue weighted by Crippen LogP contribution is -2.36. The van der Waals surface area contributed by atoms with E-state index in [0.29, 0.717) is 0 Å². The average molecular weight is 282 g/mol. The molecule has 2 aromatic rings. The monoisotopic (exact) mass is 282 g/mol. The Morgan fingerprint density at radius 2 is 1.62 bits per heavy atom. The summed E-state index contributed by atoms with van der Waals surface area (Å²) in [4.78, 5) is 14.3. The summed E-state index contributed by atoms with van der Waals surface area (Å²) in [5.74, 6) is -0.917. The lowest BCUT2D eigenvalue weighted by molar-refractivity contribution is -0.129. The summed E-state index contributed by atoms with van der Waals surface area (Å²) in [5, 5.41) is 9.01. The lowest BCUT2D eigenvalue weighted by atomic mass is 9.90. The SMILES string of the molecule is O=C(NO)C(c1ccccc1)c1ccc(N2CCC2)cc1. The van der Waals surface area contributed by atoms with E-state index >= 15 is 0 Å². The topological polar surface area (TPSA) is 52.6 Å². The Morgan fingerprint density at radius 3 is 2.14 bits per heavy atom. The smallest absolute Gasteiger partial charge is 0.255 e. The highest BCUT2D eigenvalue weighted by Gasteiger charge is 2.23. The van der Waals surface area contributed by atoms with Gasteiger partial charge < -0.3 is 4.90 Å². The van der Waals surface area contributed by atoms with Crippen molar-refractivity contribution >= 4 is 11.6 Å². The molecule has 1 fully saturated rings. The summed E-state index contributed by atoms with van der Waals surface area (Å²) < 4.78 is 0. The third-order valence-electron chi connectivity index (χ3n) is 3.95. The zero-order valence-corrected chi connectivity index (χ0v) is 11.7. The van der Waals surface area contributed by atoms with E-state index in [-0.39, 0.29) is 0 Å². The van der Waals surface area contributed by atoms with Crippen LogP contribution in [0, 0.1) is 0 Å². The fraction of sp³-hybridized carbons (Fsp3) is 0.235. The molecule has 1 saturated heterocycles. The molecular formula is C17H18N2O2. The predicted octanol–water partition coefficient (Wildman–Crippen LogP) is 2.53. The van der Waals surface area contributed by atoms with E-state index in [0.717, 1.165) is 24.2 Å². The normalized spacial score (nSPS) is 15.2. The first kappa shape index (κ1) is 13.6. The minimum absolute atomic E-state index is 0.419. The molecule has 0 radical (unpaired) electrons. The van der Waals surface area contributed by atoms with Crippen LogP contribution in [0.25, 0.3) is 0 Å². The second-order valence-corrected chi connectivity index (χ2v) is 5.25. The van der Waals surface area contributed by atoms with E-state index in [9.17, 15) is 4.79 Å². The van der Waals surface area contributed by atoms with Crippen molar-refractivity contribution in [2.24, 2.45) is 0 Å². The van der Waals surface area contributed by atoms with Gasteiger partial charge in [-0.25, -0.2) is 5.48 Å². The number of nitrogens with one attached hydrogen (secondary N) is 1. The standard InChI is InChI=1S/C17H18N2O2/c20-17(18-21)16(13-5-2-1-3-6-13)14-7-9-15(10-8-14)19-11-4-12-19/h1-3,5-10,16,21H,4,11-12H2,(H,18,20). The number of hydrogen-bond donors (Lipinski definition) is 2. The van der Waals surface area contributed by atoms with E-state index in [1.165, 1.54) is 12.1 Å². The highest BCUT2D eigenvalue weighted by molar-refractivity contribution is 5.86. The van der Waals surface area contributed by atoms with Crippen molar-refractivity contribution < 1.29 is 10.0 Å². The van der Waals surface area contributed by atoms with E-state index in [1.54, 1.807) is 5.48 Å². The molecule has 21 heavy (non-hydrogen) atoms. The summed E-state index contributed by atoms with van der Waals surface area (Å²) in [5.41, 5.74) is 4.69. The fourth-order valence-electron chi connectivity index (χ4n) is 2.66. The van der Waals surface area contributed by atoms with E-state index in [2.05, 4.69) is 4.90 Å². The predicted molar refractivity (Wildman–Crippen MR) is 81.5 cm³/mol. The first-order valence-electron chi connectivity index (χ1n) is 7.13. The summed E-state index contributed by atoms with van der Waals surface area (Å²) in [6.07, 6.45) is 1.24. The zero-order valence-electron chi connectivity index (χ0n) is 11.7. The number of carbonyl (C=O) groups excluding carboxylic acids is 1. The van der Waals surface area contributed by atoms with Gasteiger partial charge in [-0.1, -0.05) is 42.5 Å². The Bertz CT molecular complexity index is 606. The van der Waals surface area contributed by atoms with Crippen molar-refractivity contribution in [3.8, 4) is 0 Å². The molecule has 0 spiro atoms. The molecule has 1 heterocycles. The number of anilines is 1. The highest BCUT2D eigenvalue weighted by Crippen LogP contribution is 2.28. The molecule has 1 aliphatic heterocycles. The molecule has 2 aromatic carbocycles. The van der Waals surface area contributed by atoms with Gasteiger partial charge in [-0.15, -0.1) is 0 Å². The van der Waals surface area contributed by atoms with Crippen molar-refractivity contribution in [1.82, 2.24) is 5.48 Å². The quantitative estimate of drug-likeness (QED) is 0.669. The third-order valence-corrected chi connectivity index (χ3v) is 3.95. The van der Waals surface area contributed by atoms with Crippen LogP contribution in [0.1, 0.15) is 23.5 Å². The van der Waals surface area contributed by atoms with Gasteiger partial charge in [0.05, 0.1) is 5.92 Å². The van der Waals surface area contributed by atoms with Crippen LogP contribution in [0.2, 0.25) is 0 Å². The van der Waals surface area contributed by atoms with E-state index < -0.39 is 11.8 Å².